The number of aromatic nitrogens is 4. The quantitative estimate of drug-likeness (QED) is 0.619. The van der Waals surface area contributed by atoms with Crippen molar-refractivity contribution in [2.24, 2.45) is 5.73 Å². The third-order valence-electron chi connectivity index (χ3n) is 5.53. The number of amides is 1. The second-order valence-electron chi connectivity index (χ2n) is 7.33. The molecule has 0 spiro atoms. The summed E-state index contributed by atoms with van der Waals surface area (Å²) in [7, 11) is 0. The third kappa shape index (κ3) is 3.07. The van der Waals surface area contributed by atoms with Crippen molar-refractivity contribution >= 4 is 16.9 Å². The fourth-order valence-corrected chi connectivity index (χ4v) is 3.92. The van der Waals surface area contributed by atoms with E-state index in [1.54, 1.807) is 0 Å². The van der Waals surface area contributed by atoms with E-state index in [9.17, 15) is 14.4 Å². The number of nitrogens with zero attached hydrogens (tertiary/aromatic N) is 4. The molecule has 9 heteroatoms. The van der Waals surface area contributed by atoms with Crippen LogP contribution in [0.1, 0.15) is 24.0 Å². The number of rotatable bonds is 4. The number of benzene rings is 1. The predicted octanol–water partition coefficient (Wildman–Crippen LogP) is 0.151. The Morgan fingerprint density at radius 1 is 1.21 bits per heavy atom. The zero-order chi connectivity index (χ0) is 20.0. The van der Waals surface area contributed by atoms with Gasteiger partial charge in [0, 0.05) is 13.1 Å². The average Bonchev–Trinajstić information content (AvgIpc) is 3.10. The monoisotopic (exact) mass is 382 g/mol. The van der Waals surface area contributed by atoms with Crippen LogP contribution in [-0.2, 0) is 11.3 Å². The minimum Gasteiger partial charge on any atom is -0.368 e. The highest BCUT2D eigenvalue weighted by atomic mass is 16.2. The number of hydrogen-bond donors (Lipinski definition) is 2. The molecular formula is C19H22N6O3. The molecule has 3 aliphatic rings. The normalized spacial score (nSPS) is 17.6. The highest BCUT2D eigenvalue weighted by molar-refractivity contribution is 5.81. The number of carbonyl (C=O) groups excluding carboxylic acids is 1. The summed E-state index contributed by atoms with van der Waals surface area (Å²) >= 11 is 0. The molecule has 0 bridgehead atoms. The van der Waals surface area contributed by atoms with E-state index in [4.69, 9.17) is 5.73 Å². The zero-order valence-electron chi connectivity index (χ0n) is 15.9. The van der Waals surface area contributed by atoms with E-state index in [0.717, 1.165) is 36.0 Å². The molecule has 1 amide bonds. The molecule has 0 radical (unpaired) electrons. The molecule has 3 aliphatic heterocycles. The lowest BCUT2D eigenvalue weighted by molar-refractivity contribution is -0.122. The van der Waals surface area contributed by atoms with Crippen molar-refractivity contribution in [2.45, 2.75) is 39.3 Å². The van der Waals surface area contributed by atoms with Crippen LogP contribution in [0.25, 0.3) is 22.6 Å². The van der Waals surface area contributed by atoms with E-state index in [1.165, 1.54) is 0 Å². The Labute approximate surface area is 160 Å². The van der Waals surface area contributed by atoms with Crippen LogP contribution < -0.4 is 17.0 Å². The van der Waals surface area contributed by atoms with E-state index in [0.29, 0.717) is 18.6 Å². The Kier molecular flexibility index (Phi) is 4.46. The number of nitrogens with two attached hydrogens (primary N) is 1. The van der Waals surface area contributed by atoms with Gasteiger partial charge in [0.25, 0.3) is 5.56 Å². The van der Waals surface area contributed by atoms with Gasteiger partial charge in [-0.05, 0) is 56.5 Å². The number of fused-ring (bicyclic) bond motifs is 2. The van der Waals surface area contributed by atoms with Crippen LogP contribution in [0.3, 0.4) is 0 Å². The molecule has 9 nitrogen and oxygen atoms in total. The molecule has 3 heterocycles. The molecule has 0 aromatic heterocycles. The largest absolute Gasteiger partial charge is 0.368 e. The SMILES string of the molecule is Cc1cc2nc3c(=O)[nH]c(=O)nc-3n(CCN3CCCC3C(N)=O)c2cc1C. The van der Waals surface area contributed by atoms with E-state index in [2.05, 4.69) is 15.0 Å². The molecule has 1 fully saturated rings. The maximum absolute atomic E-state index is 12.3. The second kappa shape index (κ2) is 6.83. The topological polar surface area (TPSA) is 127 Å². The number of aryl methyl sites for hydroxylation is 2. The molecule has 1 unspecified atom stereocenters. The van der Waals surface area contributed by atoms with E-state index in [1.807, 2.05) is 35.4 Å². The third-order valence-corrected chi connectivity index (χ3v) is 5.53. The van der Waals surface area contributed by atoms with Gasteiger partial charge in [-0.15, -0.1) is 0 Å². The van der Waals surface area contributed by atoms with Gasteiger partial charge in [0.05, 0.1) is 17.1 Å². The summed E-state index contributed by atoms with van der Waals surface area (Å²) < 4.78 is 1.84. The van der Waals surface area contributed by atoms with Crippen LogP contribution in [0.4, 0.5) is 0 Å². The van der Waals surface area contributed by atoms with Gasteiger partial charge in [-0.3, -0.25) is 19.5 Å². The first kappa shape index (κ1) is 18.3. The summed E-state index contributed by atoms with van der Waals surface area (Å²) in [6.07, 6.45) is 1.66. The standard InChI is InChI=1S/C19H22N6O3/c1-10-8-12-14(9-11(10)2)25(7-6-24-5-3-4-13(24)16(20)26)17-15(21-12)18(27)23-19(28)22-17/h8-9,13H,3-7H2,1-2H3,(H2,20,26)(H,23,27,28). The second-order valence-corrected chi connectivity index (χ2v) is 7.33. The van der Waals surface area contributed by atoms with Gasteiger partial charge in [0.2, 0.25) is 5.91 Å². The van der Waals surface area contributed by atoms with Crippen molar-refractivity contribution in [3.05, 3.63) is 44.1 Å². The van der Waals surface area contributed by atoms with E-state index in [-0.39, 0.29) is 23.5 Å². The molecule has 3 N–H and O–H groups in total. The smallest absolute Gasteiger partial charge is 0.349 e. The number of nitrogens with one attached hydrogen (secondary N) is 1. The molecule has 0 aliphatic carbocycles. The lowest BCUT2D eigenvalue weighted by atomic mass is 10.1. The first-order chi connectivity index (χ1) is 13.3. The van der Waals surface area contributed by atoms with Gasteiger partial charge in [-0.2, -0.15) is 4.98 Å². The number of primary amides is 1. The molecule has 1 atom stereocenters. The van der Waals surface area contributed by atoms with Gasteiger partial charge in [0.15, 0.2) is 11.5 Å². The molecule has 1 aromatic carbocycles. The van der Waals surface area contributed by atoms with Crippen LogP contribution in [0.15, 0.2) is 21.7 Å². The first-order valence-electron chi connectivity index (χ1n) is 9.30. The minimum absolute atomic E-state index is 0.128. The van der Waals surface area contributed by atoms with Crippen molar-refractivity contribution in [2.75, 3.05) is 13.1 Å². The summed E-state index contributed by atoms with van der Waals surface area (Å²) in [5, 5.41) is 0. The number of carbonyl (C=O) groups is 1. The number of likely N-dealkylation sites (tertiary alicyclic amines) is 1. The molecule has 1 saturated heterocycles. The lowest BCUT2D eigenvalue weighted by Gasteiger charge is -2.24. The lowest BCUT2D eigenvalue weighted by Crippen LogP contribution is -2.42. The van der Waals surface area contributed by atoms with Crippen molar-refractivity contribution in [1.82, 2.24) is 24.4 Å². The van der Waals surface area contributed by atoms with Crippen molar-refractivity contribution < 1.29 is 4.79 Å². The fraction of sp³-hybridized carbons (Fsp3) is 0.421. The minimum atomic E-state index is -0.701. The highest BCUT2D eigenvalue weighted by Crippen LogP contribution is 2.24. The molecule has 1 aromatic rings. The average molecular weight is 382 g/mol. The van der Waals surface area contributed by atoms with Gasteiger partial charge in [-0.1, -0.05) is 0 Å². The van der Waals surface area contributed by atoms with Crippen LogP contribution in [0.5, 0.6) is 0 Å². The van der Waals surface area contributed by atoms with E-state index < -0.39 is 11.2 Å². The Hall–Kier alpha value is -3.07. The molecular weight excluding hydrogens is 360 g/mol. The number of hydrogen-bond acceptors (Lipinski definition) is 6. The van der Waals surface area contributed by atoms with Gasteiger partial charge < -0.3 is 10.3 Å². The van der Waals surface area contributed by atoms with Gasteiger partial charge in [0.1, 0.15) is 0 Å². The summed E-state index contributed by atoms with van der Waals surface area (Å²) in [5.74, 6) is -0.0749. The molecule has 28 heavy (non-hydrogen) atoms. The Morgan fingerprint density at radius 3 is 2.71 bits per heavy atom. The molecule has 0 saturated carbocycles. The maximum atomic E-state index is 12.3. The first-order valence-corrected chi connectivity index (χ1v) is 9.30. The highest BCUT2D eigenvalue weighted by Gasteiger charge is 2.29. The summed E-state index contributed by atoms with van der Waals surface area (Å²) in [4.78, 5) is 48.5. The van der Waals surface area contributed by atoms with Crippen LogP contribution in [0.2, 0.25) is 0 Å². The summed E-state index contributed by atoms with van der Waals surface area (Å²) in [5.41, 5.74) is 7.98. The predicted molar refractivity (Wildman–Crippen MR) is 104 cm³/mol. The zero-order valence-corrected chi connectivity index (χ0v) is 15.9. The fourth-order valence-electron chi connectivity index (χ4n) is 3.92. The van der Waals surface area contributed by atoms with Crippen molar-refractivity contribution in [3.63, 3.8) is 0 Å². The van der Waals surface area contributed by atoms with Gasteiger partial charge in [-0.25, -0.2) is 9.78 Å². The van der Waals surface area contributed by atoms with Crippen LogP contribution in [-0.4, -0.2) is 49.5 Å². The van der Waals surface area contributed by atoms with Gasteiger partial charge >= 0.3 is 5.69 Å². The number of aromatic amines is 1. The summed E-state index contributed by atoms with van der Waals surface area (Å²) in [6, 6.07) is 3.63. The molecule has 4 rings (SSSR count). The van der Waals surface area contributed by atoms with Crippen molar-refractivity contribution in [3.8, 4) is 11.5 Å². The summed E-state index contributed by atoms with van der Waals surface area (Å²) in [6.45, 7) is 5.78. The van der Waals surface area contributed by atoms with Crippen LogP contribution >= 0.6 is 0 Å². The molecule has 146 valence electrons. The maximum Gasteiger partial charge on any atom is 0.349 e. The van der Waals surface area contributed by atoms with Crippen LogP contribution in [0, 0.1) is 13.8 Å². The Balaban J connectivity index is 1.86. The van der Waals surface area contributed by atoms with Crippen molar-refractivity contribution in [1.29, 1.82) is 0 Å². The Bertz CT molecular complexity index is 1160. The Morgan fingerprint density at radius 2 is 1.96 bits per heavy atom. The van der Waals surface area contributed by atoms with E-state index >= 15 is 0 Å². The number of H-pyrrole nitrogens is 1.